The Morgan fingerprint density at radius 2 is 0.716 bits per heavy atom. The van der Waals surface area contributed by atoms with Crippen LogP contribution in [0.4, 0.5) is 17.2 Å². The minimum Gasteiger partial charge on any atom is -0.481 e. The largest absolute Gasteiger partial charge is 0.481 e. The number of pyridine rings is 1. The molecule has 3 aliphatic carbocycles. The first-order valence-corrected chi connectivity index (χ1v) is 29.4. The van der Waals surface area contributed by atoms with Crippen LogP contribution >= 0.6 is 0 Å². The lowest BCUT2D eigenvalue weighted by Gasteiger charge is -2.36. The topological polar surface area (TPSA) is 144 Å². The number of hydrogen-bond acceptors (Lipinski definition) is 6. The van der Waals surface area contributed by atoms with Gasteiger partial charge in [0.15, 0.2) is 0 Å². The summed E-state index contributed by atoms with van der Waals surface area (Å²) in [6, 6.07) is 68.7. The van der Waals surface area contributed by atoms with Gasteiger partial charge in [0.05, 0.1) is 16.2 Å². The molecule has 2 amide bonds. The highest BCUT2D eigenvalue weighted by atomic mass is 16.5. The van der Waals surface area contributed by atoms with E-state index in [9.17, 15) is 19.5 Å². The van der Waals surface area contributed by atoms with E-state index < -0.39 is 22.2 Å². The lowest BCUT2D eigenvalue weighted by Crippen LogP contribution is -2.42. The first-order chi connectivity index (χ1) is 39.7. The average Bonchev–Trinajstić information content (AvgIpc) is 4.15. The number of nitrogens with zero attached hydrogens (tertiary/aromatic N) is 1. The van der Waals surface area contributed by atoms with E-state index in [1.807, 2.05) is 146 Å². The van der Waals surface area contributed by atoms with Crippen molar-refractivity contribution in [3.8, 4) is 0 Å². The second-order valence-corrected chi connectivity index (χ2v) is 22.0. The van der Waals surface area contributed by atoms with Crippen LogP contribution < -0.4 is 16.4 Å². The number of nitrogen functional groups attached to an aromatic ring is 1. The fraction of sp³-hybridized carbons (Fsp3) is 0.306. The molecule has 4 fully saturated rings. The van der Waals surface area contributed by atoms with Gasteiger partial charge >= 0.3 is 5.97 Å². The zero-order valence-corrected chi connectivity index (χ0v) is 46.7. The van der Waals surface area contributed by atoms with Crippen LogP contribution in [-0.4, -0.2) is 41.1 Å². The van der Waals surface area contributed by atoms with Crippen molar-refractivity contribution in [2.45, 2.75) is 125 Å². The number of benzene rings is 8. The van der Waals surface area contributed by atoms with Crippen molar-refractivity contribution in [3.05, 3.63) is 229 Å². The summed E-state index contributed by atoms with van der Waals surface area (Å²) in [6.07, 6.45) is 19.6. The van der Waals surface area contributed by atoms with E-state index in [1.165, 1.54) is 32.1 Å². The minimum absolute atomic E-state index is 0.134. The average molecular weight is 1080 g/mol. The quantitative estimate of drug-likeness (QED) is 0.119. The van der Waals surface area contributed by atoms with E-state index in [2.05, 4.69) is 76.3 Å². The Bertz CT molecular complexity index is 3260. The second kappa shape index (κ2) is 28.3. The van der Waals surface area contributed by atoms with Gasteiger partial charge in [0.25, 0.3) is 0 Å². The van der Waals surface area contributed by atoms with Gasteiger partial charge in [-0.05, 0) is 102 Å². The van der Waals surface area contributed by atoms with Crippen LogP contribution in [0.3, 0.4) is 0 Å². The van der Waals surface area contributed by atoms with E-state index in [0.29, 0.717) is 5.82 Å². The third-order valence-electron chi connectivity index (χ3n) is 17.0. The van der Waals surface area contributed by atoms with Crippen LogP contribution in [0.25, 0.3) is 32.3 Å². The van der Waals surface area contributed by atoms with Gasteiger partial charge in [-0.2, -0.15) is 0 Å². The van der Waals surface area contributed by atoms with E-state index >= 15 is 0 Å². The molecule has 0 radical (unpaired) electrons. The number of carbonyl (C=O) groups excluding carboxylic acids is 2. The Hall–Kier alpha value is -8.14. The molecule has 1 saturated heterocycles. The zero-order valence-electron chi connectivity index (χ0n) is 46.7. The molecule has 0 spiro atoms. The number of anilines is 3. The van der Waals surface area contributed by atoms with Crippen LogP contribution in [0.5, 0.6) is 0 Å². The highest BCUT2D eigenvalue weighted by Crippen LogP contribution is 2.43. The molecule has 0 atom stereocenters. The standard InChI is InChI=1S/2C23H23NO.C13H16O2.C9H8N2.C4H8O/c2*25-22(24-21-15-9-11-18-10-5-6-14-20(18)21)23(16-7-2-8-17-23)19-12-3-1-4-13-19;14-12(15)13(9-5-2-6-10-13)11-7-3-1-4-8-11;10-9-8-4-2-1-3-7(8)5-6-11-9;1-2-4-5-3-1/h2*1,3-6,9-15H,2,7-8,16-17H2,(H,24,25);1,3-4,7-8H,2,5-6,9-10H2,(H,14,15);1-6H,(H2,10,11);1-4H2. The maximum atomic E-state index is 13.4. The number of carboxylic acid groups (broad SMARTS) is 1. The molecule has 9 nitrogen and oxygen atoms in total. The predicted molar refractivity (Wildman–Crippen MR) is 333 cm³/mol. The Morgan fingerprint density at radius 1 is 0.383 bits per heavy atom. The molecule has 2 heterocycles. The highest BCUT2D eigenvalue weighted by Gasteiger charge is 2.43. The van der Waals surface area contributed by atoms with Gasteiger partial charge < -0.3 is 26.2 Å². The number of ether oxygens (including phenoxy) is 1. The van der Waals surface area contributed by atoms with E-state index in [-0.39, 0.29) is 11.8 Å². The Balaban J connectivity index is 0.000000132. The molecule has 0 unspecified atom stereocenters. The normalized spacial score (nSPS) is 16.7. The molecule has 9 aromatic rings. The number of hydrogen-bond donors (Lipinski definition) is 4. The SMILES string of the molecule is C1CCOC1.Nc1nccc2ccccc12.O=C(Nc1cccc2ccccc12)C1(c2ccccc2)CCCCC1.O=C(Nc1cccc2ccccc12)C1(c2ccccc2)CCCCC1.O=C(O)C1(c2ccccc2)CCCCC1. The van der Waals surface area contributed by atoms with Crippen LogP contribution in [0.15, 0.2) is 212 Å². The number of nitrogens with one attached hydrogen (secondary N) is 2. The van der Waals surface area contributed by atoms with Crippen molar-refractivity contribution >= 4 is 67.3 Å². The number of carbonyl (C=O) groups is 3. The molecule has 3 saturated carbocycles. The molecular weight excluding hydrogens is 1000 g/mol. The maximum Gasteiger partial charge on any atom is 0.314 e. The van der Waals surface area contributed by atoms with Crippen molar-refractivity contribution in [3.63, 3.8) is 0 Å². The molecular formula is C72H78N4O5. The lowest BCUT2D eigenvalue weighted by molar-refractivity contribution is -0.145. The summed E-state index contributed by atoms with van der Waals surface area (Å²) >= 11 is 0. The smallest absolute Gasteiger partial charge is 0.314 e. The molecule has 416 valence electrons. The van der Waals surface area contributed by atoms with Crippen molar-refractivity contribution in [2.75, 3.05) is 29.6 Å². The second-order valence-electron chi connectivity index (χ2n) is 22.0. The number of fused-ring (bicyclic) bond motifs is 3. The highest BCUT2D eigenvalue weighted by molar-refractivity contribution is 6.07. The number of nitrogens with two attached hydrogens (primary N) is 1. The molecule has 1 aromatic heterocycles. The maximum absolute atomic E-state index is 13.4. The van der Waals surface area contributed by atoms with E-state index in [0.717, 1.165) is 151 Å². The molecule has 8 aromatic carbocycles. The Labute approximate surface area is 478 Å². The van der Waals surface area contributed by atoms with Gasteiger partial charge in [-0.25, -0.2) is 4.98 Å². The summed E-state index contributed by atoms with van der Waals surface area (Å²) in [5, 5.41) is 22.6. The molecule has 9 heteroatoms. The number of aromatic nitrogens is 1. The Morgan fingerprint density at radius 3 is 1.09 bits per heavy atom. The van der Waals surface area contributed by atoms with Gasteiger partial charge in [0, 0.05) is 46.9 Å². The fourth-order valence-electron chi connectivity index (χ4n) is 12.5. The van der Waals surface area contributed by atoms with E-state index in [4.69, 9.17) is 10.5 Å². The van der Waals surface area contributed by atoms with Gasteiger partial charge in [-0.1, -0.05) is 246 Å². The molecule has 0 bridgehead atoms. The molecule has 5 N–H and O–H groups in total. The number of rotatable bonds is 8. The summed E-state index contributed by atoms with van der Waals surface area (Å²) in [6.45, 7) is 2.00. The van der Waals surface area contributed by atoms with Crippen molar-refractivity contribution in [2.24, 2.45) is 0 Å². The van der Waals surface area contributed by atoms with Gasteiger partial charge in [0.1, 0.15) is 5.82 Å². The van der Waals surface area contributed by atoms with Crippen molar-refractivity contribution in [1.82, 2.24) is 4.98 Å². The summed E-state index contributed by atoms with van der Waals surface area (Å²) in [5.74, 6) is 0.209. The van der Waals surface area contributed by atoms with Gasteiger partial charge in [0.2, 0.25) is 11.8 Å². The number of aliphatic carboxylic acids is 1. The minimum atomic E-state index is -0.659. The summed E-state index contributed by atoms with van der Waals surface area (Å²) in [5.41, 5.74) is 9.30. The van der Waals surface area contributed by atoms with Gasteiger partial charge in [-0.15, -0.1) is 0 Å². The first-order valence-electron chi connectivity index (χ1n) is 29.4. The molecule has 1 aliphatic heterocycles. The molecule has 81 heavy (non-hydrogen) atoms. The Kier molecular flexibility index (Phi) is 20.1. The summed E-state index contributed by atoms with van der Waals surface area (Å²) in [4.78, 5) is 42.3. The third kappa shape index (κ3) is 14.1. The number of amides is 2. The zero-order chi connectivity index (χ0) is 56.2. The first kappa shape index (κ1) is 57.5. The number of carboxylic acids is 1. The summed E-state index contributed by atoms with van der Waals surface area (Å²) in [7, 11) is 0. The van der Waals surface area contributed by atoms with E-state index in [1.54, 1.807) is 6.20 Å². The molecule has 4 aliphatic rings. The van der Waals surface area contributed by atoms with Crippen LogP contribution in [0.2, 0.25) is 0 Å². The molecule has 13 rings (SSSR count). The van der Waals surface area contributed by atoms with Crippen LogP contribution in [0.1, 0.15) is 126 Å². The monoisotopic (exact) mass is 1080 g/mol. The lowest BCUT2D eigenvalue weighted by atomic mass is 9.68. The van der Waals surface area contributed by atoms with Crippen LogP contribution in [0, 0.1) is 0 Å². The fourth-order valence-corrected chi connectivity index (χ4v) is 12.5. The van der Waals surface area contributed by atoms with Gasteiger partial charge in [-0.3, -0.25) is 14.4 Å². The van der Waals surface area contributed by atoms with Crippen molar-refractivity contribution < 1.29 is 24.2 Å². The van der Waals surface area contributed by atoms with Crippen molar-refractivity contribution in [1.29, 1.82) is 0 Å². The predicted octanol–water partition coefficient (Wildman–Crippen LogP) is 16.9. The van der Waals surface area contributed by atoms with Crippen LogP contribution in [-0.2, 0) is 35.4 Å². The summed E-state index contributed by atoms with van der Waals surface area (Å²) < 4.78 is 4.94. The third-order valence-corrected chi connectivity index (χ3v) is 17.0.